The minimum absolute atomic E-state index is 0.0213. The first-order valence-electron chi connectivity index (χ1n) is 7.68. The van der Waals surface area contributed by atoms with E-state index in [0.717, 1.165) is 4.90 Å². The molecule has 0 radical (unpaired) electrons. The molecule has 1 N–H and O–H groups in total. The van der Waals surface area contributed by atoms with Gasteiger partial charge < -0.3 is 19.5 Å². The highest BCUT2D eigenvalue weighted by atomic mass is 16.5. The van der Waals surface area contributed by atoms with Gasteiger partial charge in [-0.2, -0.15) is 0 Å². The maximum absolute atomic E-state index is 11.3. The van der Waals surface area contributed by atoms with Crippen molar-refractivity contribution in [3.05, 3.63) is 12.2 Å². The topological polar surface area (TPSA) is 94.2 Å². The summed E-state index contributed by atoms with van der Waals surface area (Å²) in [5.41, 5.74) is 0. The number of ether oxygens (including phenoxy) is 3. The van der Waals surface area contributed by atoms with Crippen molar-refractivity contribution >= 4 is 17.7 Å². The van der Waals surface area contributed by atoms with Crippen molar-refractivity contribution in [3.63, 3.8) is 0 Å². The third-order valence-corrected chi connectivity index (χ3v) is 2.95. The van der Waals surface area contributed by atoms with Crippen molar-refractivity contribution in [2.75, 3.05) is 52.7 Å². The van der Waals surface area contributed by atoms with Gasteiger partial charge in [0.1, 0.15) is 0 Å². The molecule has 0 aromatic rings. The highest BCUT2D eigenvalue weighted by Gasteiger charge is 2.22. The molecule has 0 unspecified atom stereocenters. The summed E-state index contributed by atoms with van der Waals surface area (Å²) in [6.45, 7) is 5.01. The third kappa shape index (κ3) is 8.44. The number of rotatable bonds is 13. The molecule has 0 fully saturated rings. The standard InChI is InChI=1S/C15H24N2O6/c1-2-16-13(18)5-7-21-9-11-23-12-10-22-8-6-17-14(19)3-4-15(17)20/h3-4H,2,5-12H2,1H3,(H,16,18). The summed E-state index contributed by atoms with van der Waals surface area (Å²) >= 11 is 0. The van der Waals surface area contributed by atoms with Crippen LogP contribution in [0.4, 0.5) is 0 Å². The maximum Gasteiger partial charge on any atom is 0.253 e. The highest BCUT2D eigenvalue weighted by molar-refractivity contribution is 6.12. The fourth-order valence-corrected chi connectivity index (χ4v) is 1.80. The first-order valence-corrected chi connectivity index (χ1v) is 7.68. The number of carbonyl (C=O) groups excluding carboxylic acids is 3. The molecule has 8 nitrogen and oxygen atoms in total. The van der Waals surface area contributed by atoms with Crippen LogP contribution in [0.2, 0.25) is 0 Å². The molecule has 1 rings (SSSR count). The summed E-state index contributed by atoms with van der Waals surface area (Å²) in [5.74, 6) is -0.633. The molecule has 1 aliphatic rings. The van der Waals surface area contributed by atoms with Gasteiger partial charge in [0.15, 0.2) is 0 Å². The van der Waals surface area contributed by atoms with Crippen molar-refractivity contribution in [1.82, 2.24) is 10.2 Å². The van der Waals surface area contributed by atoms with Crippen molar-refractivity contribution < 1.29 is 28.6 Å². The van der Waals surface area contributed by atoms with Crippen LogP contribution in [0.3, 0.4) is 0 Å². The Hall–Kier alpha value is -1.77. The number of carbonyl (C=O) groups is 3. The van der Waals surface area contributed by atoms with Crippen LogP contribution >= 0.6 is 0 Å². The summed E-state index contributed by atoms with van der Waals surface area (Å²) < 4.78 is 15.8. The zero-order valence-electron chi connectivity index (χ0n) is 13.4. The Bertz CT molecular complexity index is 406. The molecule has 0 aromatic carbocycles. The molecule has 0 aromatic heterocycles. The van der Waals surface area contributed by atoms with Gasteiger partial charge in [-0.3, -0.25) is 19.3 Å². The van der Waals surface area contributed by atoms with E-state index in [-0.39, 0.29) is 30.9 Å². The van der Waals surface area contributed by atoms with E-state index < -0.39 is 0 Å². The van der Waals surface area contributed by atoms with Gasteiger partial charge in [-0.15, -0.1) is 0 Å². The third-order valence-electron chi connectivity index (χ3n) is 2.95. The second kappa shape index (κ2) is 11.8. The lowest BCUT2D eigenvalue weighted by atomic mass is 10.4. The molecule has 3 amide bonds. The maximum atomic E-state index is 11.3. The van der Waals surface area contributed by atoms with Crippen LogP contribution < -0.4 is 5.32 Å². The van der Waals surface area contributed by atoms with Gasteiger partial charge in [-0.05, 0) is 6.92 Å². The van der Waals surface area contributed by atoms with Gasteiger partial charge in [0.05, 0.1) is 46.2 Å². The Kier molecular flexibility index (Phi) is 9.85. The second-order valence-electron chi connectivity index (χ2n) is 4.70. The quantitative estimate of drug-likeness (QED) is 0.361. The van der Waals surface area contributed by atoms with Gasteiger partial charge in [0, 0.05) is 25.1 Å². The van der Waals surface area contributed by atoms with E-state index in [2.05, 4.69) is 5.32 Å². The summed E-state index contributed by atoms with van der Waals surface area (Å²) in [6.07, 6.45) is 2.84. The van der Waals surface area contributed by atoms with Crippen LogP contribution in [0, 0.1) is 0 Å². The SMILES string of the molecule is CCNC(=O)CCOCCOCCOCCN1C(=O)C=CC1=O. The number of hydrogen-bond acceptors (Lipinski definition) is 6. The van der Waals surface area contributed by atoms with Crippen LogP contribution in [0.25, 0.3) is 0 Å². The van der Waals surface area contributed by atoms with E-state index in [1.165, 1.54) is 12.2 Å². The molecule has 0 saturated heterocycles. The minimum Gasteiger partial charge on any atom is -0.379 e. The Balaban J connectivity index is 1.82. The van der Waals surface area contributed by atoms with Crippen LogP contribution in [0.1, 0.15) is 13.3 Å². The van der Waals surface area contributed by atoms with Gasteiger partial charge in [-0.25, -0.2) is 0 Å². The van der Waals surface area contributed by atoms with Crippen molar-refractivity contribution in [1.29, 1.82) is 0 Å². The molecule has 0 saturated carbocycles. The Morgan fingerprint density at radius 1 is 0.957 bits per heavy atom. The average Bonchev–Trinajstić information content (AvgIpc) is 2.84. The van der Waals surface area contributed by atoms with E-state index in [1.54, 1.807) is 0 Å². The lowest BCUT2D eigenvalue weighted by molar-refractivity contribution is -0.137. The molecule has 0 spiro atoms. The van der Waals surface area contributed by atoms with Gasteiger partial charge in [-0.1, -0.05) is 0 Å². The first-order chi connectivity index (χ1) is 11.1. The molecule has 8 heteroatoms. The highest BCUT2D eigenvalue weighted by Crippen LogP contribution is 2.02. The van der Waals surface area contributed by atoms with Crippen molar-refractivity contribution in [3.8, 4) is 0 Å². The number of nitrogens with zero attached hydrogens (tertiary/aromatic N) is 1. The largest absolute Gasteiger partial charge is 0.379 e. The predicted octanol–water partition coefficient (Wildman–Crippen LogP) is -0.513. The van der Waals surface area contributed by atoms with E-state index >= 15 is 0 Å². The molecule has 0 aliphatic carbocycles. The number of nitrogens with one attached hydrogen (secondary N) is 1. The first kappa shape index (κ1) is 19.3. The molecule has 0 bridgehead atoms. The number of imide groups is 1. The van der Waals surface area contributed by atoms with Crippen LogP contribution in [0.15, 0.2) is 12.2 Å². The zero-order chi connectivity index (χ0) is 16.9. The van der Waals surface area contributed by atoms with E-state index in [4.69, 9.17) is 14.2 Å². The van der Waals surface area contributed by atoms with E-state index in [9.17, 15) is 14.4 Å². The Morgan fingerprint density at radius 2 is 1.48 bits per heavy atom. The fourth-order valence-electron chi connectivity index (χ4n) is 1.80. The summed E-state index contributed by atoms with van der Waals surface area (Å²) in [4.78, 5) is 34.8. The Morgan fingerprint density at radius 3 is 2.04 bits per heavy atom. The van der Waals surface area contributed by atoms with Crippen LogP contribution in [0.5, 0.6) is 0 Å². The Labute approximate surface area is 135 Å². The minimum atomic E-state index is -0.306. The molecule has 23 heavy (non-hydrogen) atoms. The van der Waals surface area contributed by atoms with E-state index in [1.807, 2.05) is 6.92 Å². The lowest BCUT2D eigenvalue weighted by Crippen LogP contribution is -2.33. The summed E-state index contributed by atoms with van der Waals surface area (Å²) in [6, 6.07) is 0. The zero-order valence-corrected chi connectivity index (χ0v) is 13.4. The second-order valence-corrected chi connectivity index (χ2v) is 4.70. The molecular formula is C15H24N2O6. The van der Waals surface area contributed by atoms with Gasteiger partial charge >= 0.3 is 0 Å². The number of amides is 3. The summed E-state index contributed by atoms with van der Waals surface area (Å²) in [5, 5.41) is 2.69. The average molecular weight is 328 g/mol. The van der Waals surface area contributed by atoms with E-state index in [0.29, 0.717) is 46.0 Å². The molecule has 1 heterocycles. The van der Waals surface area contributed by atoms with Crippen molar-refractivity contribution in [2.45, 2.75) is 13.3 Å². The molecule has 1 aliphatic heterocycles. The van der Waals surface area contributed by atoms with Crippen LogP contribution in [-0.4, -0.2) is 75.4 Å². The monoisotopic (exact) mass is 328 g/mol. The molecule has 130 valence electrons. The smallest absolute Gasteiger partial charge is 0.253 e. The fraction of sp³-hybridized carbons (Fsp3) is 0.667. The van der Waals surface area contributed by atoms with Crippen molar-refractivity contribution in [2.24, 2.45) is 0 Å². The summed E-state index contributed by atoms with van der Waals surface area (Å²) in [7, 11) is 0. The lowest BCUT2D eigenvalue weighted by Gasteiger charge is -2.13. The van der Waals surface area contributed by atoms with Gasteiger partial charge in [0.2, 0.25) is 5.91 Å². The molecular weight excluding hydrogens is 304 g/mol. The van der Waals surface area contributed by atoms with Gasteiger partial charge in [0.25, 0.3) is 11.8 Å². The normalized spacial score (nSPS) is 13.9. The molecule has 0 atom stereocenters. The predicted molar refractivity (Wildman–Crippen MR) is 81.6 cm³/mol. The van der Waals surface area contributed by atoms with Crippen LogP contribution in [-0.2, 0) is 28.6 Å². The number of hydrogen-bond donors (Lipinski definition) is 1.